The first kappa shape index (κ1) is 14.7. The van der Waals surface area contributed by atoms with Gasteiger partial charge >= 0.3 is 0 Å². The fraction of sp³-hybridized carbons (Fsp3) is 0.600. The van der Waals surface area contributed by atoms with Crippen LogP contribution in [0.1, 0.15) is 25.7 Å². The summed E-state index contributed by atoms with van der Waals surface area (Å²) in [6.45, 7) is 1.91. The van der Waals surface area contributed by atoms with Crippen LogP contribution in [0.25, 0.3) is 0 Å². The van der Waals surface area contributed by atoms with Gasteiger partial charge in [0.05, 0.1) is 11.4 Å². The van der Waals surface area contributed by atoms with Crippen molar-refractivity contribution in [1.82, 2.24) is 0 Å². The summed E-state index contributed by atoms with van der Waals surface area (Å²) in [5.74, 6) is 0. The summed E-state index contributed by atoms with van der Waals surface area (Å²) in [4.78, 5) is 2.29. The van der Waals surface area contributed by atoms with Crippen molar-refractivity contribution in [3.63, 3.8) is 0 Å². The Morgan fingerprint density at radius 2 is 1.90 bits per heavy atom. The molecule has 1 aliphatic carbocycles. The van der Waals surface area contributed by atoms with Gasteiger partial charge in [-0.25, -0.2) is 8.42 Å². The summed E-state index contributed by atoms with van der Waals surface area (Å²) in [6.07, 6.45) is 4.06. The summed E-state index contributed by atoms with van der Waals surface area (Å²) in [5.41, 5.74) is 1.76. The molecule has 116 valence electrons. The molecular weight excluding hydrogens is 288 g/mol. The van der Waals surface area contributed by atoms with Crippen LogP contribution in [0.3, 0.4) is 0 Å². The molecular formula is C15H22N2O3S. The zero-order valence-corrected chi connectivity index (χ0v) is 13.1. The Hall–Kier alpha value is -1.27. The topological polar surface area (TPSA) is 58.6 Å². The third-order valence-electron chi connectivity index (χ3n) is 4.17. The molecule has 1 heterocycles. The fourth-order valence-electron chi connectivity index (χ4n) is 2.73. The zero-order valence-electron chi connectivity index (χ0n) is 12.3. The summed E-state index contributed by atoms with van der Waals surface area (Å²) in [7, 11) is -1.42. The molecule has 0 bridgehead atoms. The number of nitrogens with one attached hydrogen (secondary N) is 1. The van der Waals surface area contributed by atoms with Crippen LogP contribution < -0.4 is 9.62 Å². The van der Waals surface area contributed by atoms with Gasteiger partial charge in [0, 0.05) is 31.6 Å². The second-order valence-electron chi connectivity index (χ2n) is 5.84. The van der Waals surface area contributed by atoms with Crippen molar-refractivity contribution in [1.29, 1.82) is 0 Å². The van der Waals surface area contributed by atoms with E-state index >= 15 is 0 Å². The molecule has 21 heavy (non-hydrogen) atoms. The number of rotatable bonds is 5. The van der Waals surface area contributed by atoms with Gasteiger partial charge in [0.2, 0.25) is 10.0 Å². The molecule has 0 amide bonds. The highest BCUT2D eigenvalue weighted by molar-refractivity contribution is 7.93. The fourth-order valence-corrected chi connectivity index (χ4v) is 4.12. The predicted octanol–water partition coefficient (Wildman–Crippen LogP) is 2.21. The SMILES string of the molecule is COC1CCCN(c2ccc(NS(=O)(=O)C3CC3)cc2)C1. The molecule has 1 aliphatic heterocycles. The van der Waals surface area contributed by atoms with Crippen molar-refractivity contribution >= 4 is 21.4 Å². The van der Waals surface area contributed by atoms with Gasteiger partial charge < -0.3 is 9.64 Å². The van der Waals surface area contributed by atoms with Crippen molar-refractivity contribution in [2.24, 2.45) is 0 Å². The summed E-state index contributed by atoms with van der Waals surface area (Å²) in [5, 5.41) is -0.193. The minimum Gasteiger partial charge on any atom is -0.380 e. The Morgan fingerprint density at radius 1 is 1.19 bits per heavy atom. The quantitative estimate of drug-likeness (QED) is 0.906. The van der Waals surface area contributed by atoms with Crippen molar-refractivity contribution in [3.05, 3.63) is 24.3 Å². The minimum atomic E-state index is -3.17. The van der Waals surface area contributed by atoms with Crippen molar-refractivity contribution in [3.8, 4) is 0 Å². The largest absolute Gasteiger partial charge is 0.380 e. The van der Waals surface area contributed by atoms with E-state index in [9.17, 15) is 8.42 Å². The van der Waals surface area contributed by atoms with Crippen LogP contribution >= 0.6 is 0 Å². The van der Waals surface area contributed by atoms with Gasteiger partial charge in [0.25, 0.3) is 0 Å². The molecule has 5 nitrogen and oxygen atoms in total. The molecule has 1 unspecified atom stereocenters. The van der Waals surface area contributed by atoms with E-state index in [0.717, 1.165) is 44.5 Å². The summed E-state index contributed by atoms with van der Waals surface area (Å²) >= 11 is 0. The van der Waals surface area contributed by atoms with Gasteiger partial charge in [0.1, 0.15) is 0 Å². The highest BCUT2D eigenvalue weighted by Gasteiger charge is 2.35. The van der Waals surface area contributed by atoms with Gasteiger partial charge in [-0.3, -0.25) is 4.72 Å². The number of sulfonamides is 1. The molecule has 0 radical (unpaired) electrons. The van der Waals surface area contributed by atoms with E-state index in [1.807, 2.05) is 24.3 Å². The molecule has 2 fully saturated rings. The number of ether oxygens (including phenoxy) is 1. The molecule has 1 saturated carbocycles. The van der Waals surface area contributed by atoms with Crippen LogP contribution in [0.4, 0.5) is 11.4 Å². The maximum Gasteiger partial charge on any atom is 0.235 e. The minimum absolute atomic E-state index is 0.193. The summed E-state index contributed by atoms with van der Waals surface area (Å²) in [6, 6.07) is 7.63. The Kier molecular flexibility index (Phi) is 4.08. The second-order valence-corrected chi connectivity index (χ2v) is 7.80. The standard InChI is InChI=1S/C15H22N2O3S/c1-20-14-3-2-10-17(11-14)13-6-4-12(5-7-13)16-21(18,19)15-8-9-15/h4-7,14-16H,2-3,8-11H2,1H3. The smallest absolute Gasteiger partial charge is 0.235 e. The third-order valence-corrected chi connectivity index (χ3v) is 6.04. The van der Waals surface area contributed by atoms with Crippen molar-refractivity contribution < 1.29 is 13.2 Å². The molecule has 1 aromatic rings. The van der Waals surface area contributed by atoms with Gasteiger partial charge in [-0.05, 0) is 49.9 Å². The molecule has 0 spiro atoms. The highest BCUT2D eigenvalue weighted by atomic mass is 32.2. The van der Waals surface area contributed by atoms with Crippen molar-refractivity contribution in [2.45, 2.75) is 37.0 Å². The lowest BCUT2D eigenvalue weighted by atomic mass is 10.1. The van der Waals surface area contributed by atoms with Gasteiger partial charge in [-0.1, -0.05) is 0 Å². The van der Waals surface area contributed by atoms with E-state index in [1.54, 1.807) is 7.11 Å². The van der Waals surface area contributed by atoms with E-state index in [-0.39, 0.29) is 11.4 Å². The lowest BCUT2D eigenvalue weighted by Gasteiger charge is -2.33. The molecule has 1 atom stereocenters. The van der Waals surface area contributed by atoms with Gasteiger partial charge in [0.15, 0.2) is 0 Å². The normalized spacial score (nSPS) is 23.1. The molecule has 0 aromatic heterocycles. The molecule has 1 saturated heterocycles. The first-order valence-electron chi connectivity index (χ1n) is 7.48. The first-order chi connectivity index (χ1) is 10.1. The van der Waals surface area contributed by atoms with Crippen LogP contribution in [-0.2, 0) is 14.8 Å². The Morgan fingerprint density at radius 3 is 2.52 bits per heavy atom. The lowest BCUT2D eigenvalue weighted by Crippen LogP contribution is -2.39. The van der Waals surface area contributed by atoms with Crippen molar-refractivity contribution in [2.75, 3.05) is 29.8 Å². The van der Waals surface area contributed by atoms with Crippen LogP contribution in [0, 0.1) is 0 Å². The number of hydrogen-bond acceptors (Lipinski definition) is 4. The van der Waals surface area contributed by atoms with E-state index in [1.165, 1.54) is 0 Å². The van der Waals surface area contributed by atoms with Crippen LogP contribution in [0.2, 0.25) is 0 Å². The van der Waals surface area contributed by atoms with E-state index < -0.39 is 10.0 Å². The molecule has 2 aliphatic rings. The second kappa shape index (κ2) is 5.85. The maximum absolute atomic E-state index is 11.9. The molecule has 3 rings (SSSR count). The first-order valence-corrected chi connectivity index (χ1v) is 9.02. The average Bonchev–Trinajstić information content (AvgIpc) is 3.33. The van der Waals surface area contributed by atoms with Crippen LogP contribution in [0.5, 0.6) is 0 Å². The highest BCUT2D eigenvalue weighted by Crippen LogP contribution is 2.30. The lowest BCUT2D eigenvalue weighted by molar-refractivity contribution is 0.0893. The number of hydrogen-bond donors (Lipinski definition) is 1. The monoisotopic (exact) mass is 310 g/mol. The average molecular weight is 310 g/mol. The van der Waals surface area contributed by atoms with E-state index in [0.29, 0.717) is 5.69 Å². The number of methoxy groups -OCH3 is 1. The maximum atomic E-state index is 11.9. The Bertz CT molecular complexity index is 581. The van der Waals surface area contributed by atoms with Gasteiger partial charge in [-0.2, -0.15) is 0 Å². The molecule has 1 aromatic carbocycles. The number of benzene rings is 1. The number of nitrogens with zero attached hydrogens (tertiary/aromatic N) is 1. The number of piperidine rings is 1. The van der Waals surface area contributed by atoms with Crippen LogP contribution in [0.15, 0.2) is 24.3 Å². The molecule has 1 N–H and O–H groups in total. The Labute approximate surface area is 126 Å². The zero-order chi connectivity index (χ0) is 14.9. The number of anilines is 2. The van der Waals surface area contributed by atoms with Gasteiger partial charge in [-0.15, -0.1) is 0 Å². The third kappa shape index (κ3) is 3.49. The molecule has 6 heteroatoms. The van der Waals surface area contributed by atoms with Crippen LogP contribution in [-0.4, -0.2) is 40.0 Å². The Balaban J connectivity index is 1.66. The van der Waals surface area contributed by atoms with E-state index in [4.69, 9.17) is 4.74 Å². The predicted molar refractivity (Wildman–Crippen MR) is 84.3 cm³/mol. The summed E-state index contributed by atoms with van der Waals surface area (Å²) < 4.78 is 31.9. The van der Waals surface area contributed by atoms with E-state index in [2.05, 4.69) is 9.62 Å².